The van der Waals surface area contributed by atoms with Gasteiger partial charge >= 0.3 is 0 Å². The predicted octanol–water partition coefficient (Wildman–Crippen LogP) is 5.10. The Morgan fingerprint density at radius 3 is 2.65 bits per heavy atom. The third kappa shape index (κ3) is 3.97. The summed E-state index contributed by atoms with van der Waals surface area (Å²) in [6.45, 7) is 3.59. The number of phenolic OH excluding ortho intramolecular Hbond substituents is 1. The molecule has 4 aromatic rings. The number of rotatable bonds is 5. The fraction of sp³-hybridized carbons (Fsp3) is 0.261. The molecule has 0 saturated heterocycles. The molecule has 2 N–H and O–H groups in total. The summed E-state index contributed by atoms with van der Waals surface area (Å²) in [5, 5.41) is 14.0. The summed E-state index contributed by atoms with van der Waals surface area (Å²) in [5.74, 6) is -0.742. The molecule has 5 nitrogen and oxygen atoms in total. The van der Waals surface area contributed by atoms with Crippen LogP contribution in [0, 0.1) is 12.7 Å². The Kier molecular flexibility index (Phi) is 5.39. The van der Waals surface area contributed by atoms with Crippen LogP contribution in [0.1, 0.15) is 30.4 Å². The second kappa shape index (κ2) is 7.76. The van der Waals surface area contributed by atoms with Gasteiger partial charge in [-0.3, -0.25) is 4.79 Å². The molecule has 8 heteroatoms. The van der Waals surface area contributed by atoms with Gasteiger partial charge in [-0.15, -0.1) is 11.3 Å². The molecule has 31 heavy (non-hydrogen) atoms. The second-order valence-corrected chi connectivity index (χ2v) is 11.2. The van der Waals surface area contributed by atoms with Crippen molar-refractivity contribution in [3.8, 4) is 16.9 Å². The van der Waals surface area contributed by atoms with Crippen LogP contribution in [-0.4, -0.2) is 30.5 Å². The van der Waals surface area contributed by atoms with E-state index in [1.54, 1.807) is 32.0 Å². The smallest absolute Gasteiger partial charge is 0.266 e. The zero-order valence-electron chi connectivity index (χ0n) is 17.3. The van der Waals surface area contributed by atoms with Crippen molar-refractivity contribution >= 4 is 42.2 Å². The van der Waals surface area contributed by atoms with Gasteiger partial charge in [0.05, 0.1) is 11.3 Å². The Labute approximate surface area is 183 Å². The van der Waals surface area contributed by atoms with Gasteiger partial charge in [0.1, 0.15) is 26.1 Å². The van der Waals surface area contributed by atoms with Gasteiger partial charge in [-0.2, -0.15) is 0 Å². The van der Waals surface area contributed by atoms with Gasteiger partial charge in [-0.1, -0.05) is 19.1 Å². The molecule has 4 rings (SSSR count). The number of aromatic nitrogens is 1. The average Bonchev–Trinajstić information content (AvgIpc) is 3.17. The van der Waals surface area contributed by atoms with Crippen molar-refractivity contribution in [3.63, 3.8) is 0 Å². The van der Waals surface area contributed by atoms with Crippen LogP contribution in [0.3, 0.4) is 0 Å². The average molecular weight is 460 g/mol. The molecule has 2 aromatic carbocycles. The molecule has 0 aliphatic heterocycles. The van der Waals surface area contributed by atoms with Gasteiger partial charge in [0.2, 0.25) is 0 Å². The van der Waals surface area contributed by atoms with Crippen LogP contribution in [0.15, 0.2) is 40.5 Å². The van der Waals surface area contributed by atoms with Crippen molar-refractivity contribution in [2.24, 2.45) is 0 Å². The van der Waals surface area contributed by atoms with Gasteiger partial charge in [-0.05, 0) is 59.5 Å². The Hall–Kier alpha value is -2.71. The molecule has 1 atom stereocenters. The fourth-order valence-electron chi connectivity index (χ4n) is 4.00. The summed E-state index contributed by atoms with van der Waals surface area (Å²) in [6.07, 6.45) is 1.49. The monoisotopic (exact) mass is 459 g/mol. The third-order valence-corrected chi connectivity index (χ3v) is 7.52. The maximum atomic E-state index is 15.0. The summed E-state index contributed by atoms with van der Waals surface area (Å²) in [6, 6.07) is 8.12. The van der Waals surface area contributed by atoms with Crippen LogP contribution in [0.5, 0.6) is 5.75 Å². The number of aromatic amines is 1. The predicted molar refractivity (Wildman–Crippen MR) is 124 cm³/mol. The van der Waals surface area contributed by atoms with E-state index < -0.39 is 15.7 Å². The van der Waals surface area contributed by atoms with E-state index >= 15 is 4.39 Å². The minimum Gasteiger partial charge on any atom is -0.507 e. The van der Waals surface area contributed by atoms with Crippen LogP contribution >= 0.6 is 11.3 Å². The highest BCUT2D eigenvalue weighted by molar-refractivity contribution is 7.90. The minimum absolute atomic E-state index is 0.00169. The lowest BCUT2D eigenvalue weighted by Gasteiger charge is -2.16. The first-order chi connectivity index (χ1) is 14.6. The number of sulfone groups is 1. The molecule has 0 aliphatic rings. The molecule has 2 aromatic heterocycles. The maximum Gasteiger partial charge on any atom is 0.266 e. The van der Waals surface area contributed by atoms with Crippen molar-refractivity contribution in [3.05, 3.63) is 63.0 Å². The Morgan fingerprint density at radius 2 is 1.97 bits per heavy atom. The summed E-state index contributed by atoms with van der Waals surface area (Å²) in [5.41, 5.74) is 2.49. The van der Waals surface area contributed by atoms with Crippen molar-refractivity contribution in [2.75, 3.05) is 12.0 Å². The number of nitrogens with one attached hydrogen (secondary N) is 1. The number of fused-ring (bicyclic) bond motifs is 3. The number of aryl methyl sites for hydroxylation is 1. The van der Waals surface area contributed by atoms with Crippen LogP contribution in [0.25, 0.3) is 32.1 Å². The lowest BCUT2D eigenvalue weighted by Crippen LogP contribution is -2.08. The van der Waals surface area contributed by atoms with Crippen LogP contribution in [-0.2, 0) is 9.84 Å². The highest BCUT2D eigenvalue weighted by Gasteiger charge is 2.20. The molecule has 2 heterocycles. The zero-order chi connectivity index (χ0) is 22.5. The quantitative estimate of drug-likeness (QED) is 0.435. The van der Waals surface area contributed by atoms with Gasteiger partial charge in [0.15, 0.2) is 0 Å². The molecule has 0 unspecified atom stereocenters. The minimum atomic E-state index is -3.13. The van der Waals surface area contributed by atoms with Crippen LogP contribution in [0.4, 0.5) is 4.39 Å². The molecular weight excluding hydrogens is 437 g/mol. The summed E-state index contributed by atoms with van der Waals surface area (Å²) in [7, 11) is -3.13. The van der Waals surface area contributed by atoms with Gasteiger partial charge in [-0.25, -0.2) is 12.8 Å². The largest absolute Gasteiger partial charge is 0.507 e. The highest BCUT2D eigenvalue weighted by atomic mass is 32.2. The van der Waals surface area contributed by atoms with E-state index in [4.69, 9.17) is 0 Å². The van der Waals surface area contributed by atoms with Gasteiger partial charge in [0, 0.05) is 22.6 Å². The molecule has 0 fully saturated rings. The molecular formula is C23H22FNO4S2. The molecule has 0 saturated carbocycles. The highest BCUT2D eigenvalue weighted by Crippen LogP contribution is 2.42. The van der Waals surface area contributed by atoms with E-state index in [1.165, 1.54) is 23.7 Å². The maximum absolute atomic E-state index is 15.0. The lowest BCUT2D eigenvalue weighted by molar-refractivity contribution is 0.477. The number of H-pyrrole nitrogens is 1. The van der Waals surface area contributed by atoms with E-state index in [9.17, 15) is 18.3 Å². The number of phenols is 1. The molecule has 0 bridgehead atoms. The normalized spacial score (nSPS) is 13.2. The Balaban J connectivity index is 1.89. The molecule has 0 aliphatic carbocycles. The van der Waals surface area contributed by atoms with Gasteiger partial charge in [0.25, 0.3) is 5.56 Å². The van der Waals surface area contributed by atoms with E-state index in [0.29, 0.717) is 49.7 Å². The third-order valence-electron chi connectivity index (χ3n) is 5.62. The fourth-order valence-corrected chi connectivity index (χ4v) is 5.58. The van der Waals surface area contributed by atoms with Gasteiger partial charge < -0.3 is 10.1 Å². The summed E-state index contributed by atoms with van der Waals surface area (Å²) in [4.78, 5) is 15.3. The standard InChI is InChI=1S/C23H22FNO4S2/c1-12(7-9-31(3,28)29)15-5-4-14(11-17(15)24)19-18(26)10-13(2)21-20(19)16-6-8-30-22(16)23(27)25-21/h4-6,8,10-12,26H,7,9H2,1-3H3,(H,25,27)/t12-/m0/s1. The van der Waals surface area contributed by atoms with Crippen molar-refractivity contribution in [1.29, 1.82) is 0 Å². The van der Waals surface area contributed by atoms with Crippen LogP contribution < -0.4 is 5.56 Å². The lowest BCUT2D eigenvalue weighted by atomic mass is 9.92. The molecule has 0 amide bonds. The topological polar surface area (TPSA) is 87.2 Å². The van der Waals surface area contributed by atoms with Crippen molar-refractivity contribution in [1.82, 2.24) is 4.98 Å². The zero-order valence-corrected chi connectivity index (χ0v) is 19.0. The first-order valence-electron chi connectivity index (χ1n) is 9.80. The molecule has 162 valence electrons. The Morgan fingerprint density at radius 1 is 1.23 bits per heavy atom. The number of hydrogen-bond donors (Lipinski definition) is 2. The van der Waals surface area contributed by atoms with Crippen molar-refractivity contribution < 1.29 is 17.9 Å². The molecule has 0 spiro atoms. The molecule has 0 radical (unpaired) electrons. The Bertz CT molecular complexity index is 1490. The number of pyridine rings is 1. The summed E-state index contributed by atoms with van der Waals surface area (Å²) >= 11 is 1.31. The van der Waals surface area contributed by atoms with E-state index in [-0.39, 0.29) is 23.0 Å². The first-order valence-corrected chi connectivity index (χ1v) is 12.7. The number of benzene rings is 2. The number of hydrogen-bond acceptors (Lipinski definition) is 5. The number of thiophene rings is 1. The second-order valence-electron chi connectivity index (χ2n) is 8.01. The van der Waals surface area contributed by atoms with E-state index in [0.717, 1.165) is 0 Å². The first kappa shape index (κ1) is 21.5. The van der Waals surface area contributed by atoms with E-state index in [1.807, 2.05) is 11.4 Å². The van der Waals surface area contributed by atoms with Crippen molar-refractivity contribution in [2.45, 2.75) is 26.2 Å². The van der Waals surface area contributed by atoms with Crippen LogP contribution in [0.2, 0.25) is 0 Å². The number of aromatic hydroxyl groups is 1. The van der Waals surface area contributed by atoms with E-state index in [2.05, 4.69) is 4.98 Å². The number of halogens is 1. The summed E-state index contributed by atoms with van der Waals surface area (Å²) < 4.78 is 38.5. The SMILES string of the molecule is Cc1cc(O)c(-c2ccc([C@@H](C)CCS(C)(=O)=O)c(F)c2)c2c1[nH]c(=O)c1sccc12.